The van der Waals surface area contributed by atoms with Crippen LogP contribution in [0.3, 0.4) is 0 Å². The molecule has 2 aromatic rings. The van der Waals surface area contributed by atoms with Gasteiger partial charge in [-0.25, -0.2) is 0 Å². The maximum Gasteiger partial charge on any atom is 0.261 e. The van der Waals surface area contributed by atoms with E-state index in [-0.39, 0.29) is 24.9 Å². The van der Waals surface area contributed by atoms with E-state index >= 15 is 0 Å². The highest BCUT2D eigenvalue weighted by Crippen LogP contribution is 2.23. The molecule has 0 unspecified atom stereocenters. The van der Waals surface area contributed by atoms with E-state index < -0.39 is 6.10 Å². The number of carbonyl (C=O) groups is 2. The fourth-order valence-electron chi connectivity index (χ4n) is 2.51. The van der Waals surface area contributed by atoms with Gasteiger partial charge in [-0.3, -0.25) is 14.5 Å². The normalized spacial score (nSPS) is 14.8. The predicted octanol–water partition coefficient (Wildman–Crippen LogP) is 2.52. The summed E-state index contributed by atoms with van der Waals surface area (Å²) in [6, 6.07) is 14.2. The van der Waals surface area contributed by atoms with Crippen LogP contribution in [-0.2, 0) is 0 Å². The molecule has 1 heterocycles. The Balaban J connectivity index is 1.63. The molecule has 0 fully saturated rings. The van der Waals surface area contributed by atoms with Crippen LogP contribution in [-0.4, -0.2) is 41.0 Å². The molecule has 0 aliphatic carbocycles. The molecule has 2 N–H and O–H groups in total. The van der Waals surface area contributed by atoms with Gasteiger partial charge in [0.1, 0.15) is 0 Å². The molecule has 1 atom stereocenters. The van der Waals surface area contributed by atoms with Crippen LogP contribution < -0.4 is 5.32 Å². The second-order valence-corrected chi connectivity index (χ2v) is 6.14. The molecule has 0 spiro atoms. The Kier molecular flexibility index (Phi) is 4.45. The summed E-state index contributed by atoms with van der Waals surface area (Å²) in [5, 5.41) is 13.2. The lowest BCUT2D eigenvalue weighted by Gasteiger charge is -2.19. The number of benzene rings is 2. The van der Waals surface area contributed by atoms with Crippen LogP contribution in [0.1, 0.15) is 20.7 Å². The van der Waals surface area contributed by atoms with Crippen LogP contribution in [0, 0.1) is 0 Å². The summed E-state index contributed by atoms with van der Waals surface area (Å²) < 4.78 is 0.882. The Labute approximate surface area is 142 Å². The summed E-state index contributed by atoms with van der Waals surface area (Å²) in [5.41, 5.74) is 1.63. The maximum atomic E-state index is 12.2. The van der Waals surface area contributed by atoms with Crippen molar-refractivity contribution in [3.05, 3.63) is 64.1 Å². The van der Waals surface area contributed by atoms with Crippen LogP contribution in [0.5, 0.6) is 0 Å². The van der Waals surface area contributed by atoms with Gasteiger partial charge in [-0.05, 0) is 40.2 Å². The number of hydrogen-bond acceptors (Lipinski definition) is 4. The van der Waals surface area contributed by atoms with Crippen LogP contribution in [0.15, 0.2) is 53.0 Å². The molecule has 1 aliphatic rings. The number of anilines is 1. The quantitative estimate of drug-likeness (QED) is 0.788. The third-order valence-corrected chi connectivity index (χ3v) is 4.37. The molecule has 2 amide bonds. The van der Waals surface area contributed by atoms with Gasteiger partial charge in [0.15, 0.2) is 0 Å². The summed E-state index contributed by atoms with van der Waals surface area (Å²) in [7, 11) is 0. The van der Waals surface area contributed by atoms with Crippen molar-refractivity contribution < 1.29 is 14.7 Å². The number of nitrogens with zero attached hydrogens (tertiary/aromatic N) is 1. The van der Waals surface area contributed by atoms with Gasteiger partial charge >= 0.3 is 0 Å². The number of nitrogens with one attached hydrogen (secondary N) is 1. The average molecular weight is 375 g/mol. The first-order valence-electron chi connectivity index (χ1n) is 7.19. The number of aliphatic hydroxyl groups is 1. The highest BCUT2D eigenvalue weighted by molar-refractivity contribution is 9.10. The second kappa shape index (κ2) is 6.52. The van der Waals surface area contributed by atoms with Crippen LogP contribution in [0.25, 0.3) is 0 Å². The topological polar surface area (TPSA) is 69.6 Å². The number of hydrogen-bond donors (Lipinski definition) is 2. The first kappa shape index (κ1) is 15.7. The summed E-state index contributed by atoms with van der Waals surface area (Å²) in [6.07, 6.45) is -0.857. The third kappa shape index (κ3) is 3.13. The van der Waals surface area contributed by atoms with Crippen LogP contribution >= 0.6 is 15.9 Å². The SMILES string of the molecule is O=C1c2ccccc2C(=O)N1C[C@H](O)CNc1ccccc1Br. The highest BCUT2D eigenvalue weighted by Gasteiger charge is 2.35. The lowest BCUT2D eigenvalue weighted by molar-refractivity contribution is 0.0558. The van der Waals surface area contributed by atoms with E-state index in [1.807, 2.05) is 24.3 Å². The highest BCUT2D eigenvalue weighted by atomic mass is 79.9. The zero-order chi connectivity index (χ0) is 16.4. The smallest absolute Gasteiger partial charge is 0.261 e. The number of para-hydroxylation sites is 1. The molecule has 2 aromatic carbocycles. The van der Waals surface area contributed by atoms with Gasteiger partial charge < -0.3 is 10.4 Å². The Bertz CT molecular complexity index is 728. The second-order valence-electron chi connectivity index (χ2n) is 5.28. The number of rotatable bonds is 5. The Morgan fingerprint density at radius 3 is 2.17 bits per heavy atom. The van der Waals surface area contributed by atoms with Gasteiger partial charge in [0.05, 0.1) is 23.8 Å². The average Bonchev–Trinajstić information content (AvgIpc) is 2.80. The molecule has 6 heteroatoms. The Morgan fingerprint density at radius 1 is 1.00 bits per heavy atom. The summed E-state index contributed by atoms with van der Waals surface area (Å²) in [4.78, 5) is 25.6. The van der Waals surface area contributed by atoms with E-state index in [0.717, 1.165) is 15.1 Å². The predicted molar refractivity (Wildman–Crippen MR) is 90.4 cm³/mol. The molecule has 1 aliphatic heterocycles. The first-order valence-corrected chi connectivity index (χ1v) is 7.99. The van der Waals surface area contributed by atoms with Gasteiger partial charge in [0, 0.05) is 16.7 Å². The molecule has 118 valence electrons. The number of β-amino-alcohol motifs (C(OH)–C–C–N with tert-alkyl or cyclic N) is 1. The van der Waals surface area contributed by atoms with Crippen LogP contribution in [0.2, 0.25) is 0 Å². The fraction of sp³-hybridized carbons (Fsp3) is 0.176. The standard InChI is InChI=1S/C17H15BrN2O3/c18-14-7-3-4-8-15(14)19-9-11(21)10-20-16(22)12-5-1-2-6-13(12)17(20)23/h1-8,11,19,21H,9-10H2/t11-/m1/s1. The van der Waals surface area contributed by atoms with Crippen molar-refractivity contribution in [3.63, 3.8) is 0 Å². The summed E-state index contributed by atoms with van der Waals surface area (Å²) >= 11 is 3.41. The number of halogens is 1. The number of amides is 2. The molecule has 0 radical (unpaired) electrons. The molecule has 0 saturated carbocycles. The molecule has 3 rings (SSSR count). The molecule has 0 bridgehead atoms. The molecule has 5 nitrogen and oxygen atoms in total. The first-order chi connectivity index (χ1) is 11.1. The summed E-state index contributed by atoms with van der Waals surface area (Å²) in [6.45, 7) is 0.194. The van der Waals surface area contributed by atoms with Crippen molar-refractivity contribution in [2.45, 2.75) is 6.10 Å². The molecular formula is C17H15BrN2O3. The Morgan fingerprint density at radius 2 is 1.57 bits per heavy atom. The van der Waals surface area contributed by atoms with Crippen molar-refractivity contribution in [1.29, 1.82) is 0 Å². The largest absolute Gasteiger partial charge is 0.389 e. The van der Waals surface area contributed by atoms with E-state index in [1.165, 1.54) is 0 Å². The van der Waals surface area contributed by atoms with E-state index in [0.29, 0.717) is 11.1 Å². The van der Waals surface area contributed by atoms with Gasteiger partial charge in [-0.1, -0.05) is 24.3 Å². The van der Waals surface area contributed by atoms with Crippen molar-refractivity contribution in [2.75, 3.05) is 18.4 Å². The number of fused-ring (bicyclic) bond motifs is 1. The van der Waals surface area contributed by atoms with Gasteiger partial charge in [-0.15, -0.1) is 0 Å². The van der Waals surface area contributed by atoms with E-state index in [2.05, 4.69) is 21.2 Å². The zero-order valence-electron chi connectivity index (χ0n) is 12.2. The van der Waals surface area contributed by atoms with Gasteiger partial charge in [0.25, 0.3) is 11.8 Å². The van der Waals surface area contributed by atoms with E-state index in [9.17, 15) is 14.7 Å². The van der Waals surface area contributed by atoms with Crippen LogP contribution in [0.4, 0.5) is 5.69 Å². The minimum atomic E-state index is -0.857. The molecule has 0 aromatic heterocycles. The lowest BCUT2D eigenvalue weighted by Crippen LogP contribution is -2.39. The zero-order valence-corrected chi connectivity index (χ0v) is 13.8. The van der Waals surface area contributed by atoms with Crippen molar-refractivity contribution in [3.8, 4) is 0 Å². The molecule has 0 saturated heterocycles. The minimum Gasteiger partial charge on any atom is -0.389 e. The van der Waals surface area contributed by atoms with Crippen molar-refractivity contribution in [2.24, 2.45) is 0 Å². The fourth-order valence-corrected chi connectivity index (χ4v) is 2.94. The molecular weight excluding hydrogens is 360 g/mol. The Hall–Kier alpha value is -2.18. The summed E-state index contributed by atoms with van der Waals surface area (Å²) in [5.74, 6) is -0.712. The van der Waals surface area contributed by atoms with Gasteiger partial charge in [-0.2, -0.15) is 0 Å². The van der Waals surface area contributed by atoms with Gasteiger partial charge in [0.2, 0.25) is 0 Å². The third-order valence-electron chi connectivity index (χ3n) is 3.67. The number of imide groups is 1. The lowest BCUT2D eigenvalue weighted by atomic mass is 10.1. The number of aliphatic hydroxyl groups excluding tert-OH is 1. The number of carbonyl (C=O) groups excluding carboxylic acids is 2. The molecule has 23 heavy (non-hydrogen) atoms. The van der Waals surface area contributed by atoms with E-state index in [4.69, 9.17) is 0 Å². The van der Waals surface area contributed by atoms with Crippen molar-refractivity contribution in [1.82, 2.24) is 4.90 Å². The van der Waals surface area contributed by atoms with Crippen molar-refractivity contribution >= 4 is 33.4 Å². The van der Waals surface area contributed by atoms with E-state index in [1.54, 1.807) is 24.3 Å². The monoisotopic (exact) mass is 374 g/mol. The maximum absolute atomic E-state index is 12.2. The minimum absolute atomic E-state index is 0.0379.